The highest BCUT2D eigenvalue weighted by Gasteiger charge is 2.39. The van der Waals surface area contributed by atoms with E-state index in [4.69, 9.17) is 4.74 Å². The molecule has 0 unspecified atom stereocenters. The predicted octanol–water partition coefficient (Wildman–Crippen LogP) is 2.08. The summed E-state index contributed by atoms with van der Waals surface area (Å²) < 4.78 is 4.95. The van der Waals surface area contributed by atoms with Crippen molar-refractivity contribution in [3.05, 3.63) is 16.6 Å². The van der Waals surface area contributed by atoms with Gasteiger partial charge in [-0.1, -0.05) is 13.8 Å². The number of hydrogen-bond acceptors (Lipinski definition) is 5. The van der Waals surface area contributed by atoms with Gasteiger partial charge in [-0.05, 0) is 12.3 Å². The Morgan fingerprint density at radius 2 is 2.44 bits per heavy atom. The van der Waals surface area contributed by atoms with E-state index in [0.717, 1.165) is 5.69 Å². The lowest BCUT2D eigenvalue weighted by molar-refractivity contribution is -0.129. The molecule has 2 rings (SSSR count). The molecule has 0 N–H and O–H groups in total. The molecule has 6 heteroatoms. The van der Waals surface area contributed by atoms with Gasteiger partial charge in [-0.25, -0.2) is 14.7 Å². The number of nitrogens with zero attached hydrogens (tertiary/aromatic N) is 2. The van der Waals surface area contributed by atoms with E-state index in [9.17, 15) is 9.59 Å². The van der Waals surface area contributed by atoms with Crippen LogP contribution in [0.3, 0.4) is 0 Å². The summed E-state index contributed by atoms with van der Waals surface area (Å²) in [6, 6.07) is -0.138. The Labute approximate surface area is 110 Å². The first-order valence-corrected chi connectivity index (χ1v) is 6.89. The van der Waals surface area contributed by atoms with E-state index < -0.39 is 6.09 Å². The van der Waals surface area contributed by atoms with Crippen LogP contribution in [0.4, 0.5) is 4.79 Å². The highest BCUT2D eigenvalue weighted by atomic mass is 32.1. The number of rotatable bonds is 4. The summed E-state index contributed by atoms with van der Waals surface area (Å²) >= 11 is 1.50. The van der Waals surface area contributed by atoms with Gasteiger partial charge in [-0.15, -0.1) is 11.3 Å². The summed E-state index contributed by atoms with van der Waals surface area (Å²) in [6.45, 7) is 4.26. The Hall–Kier alpha value is -1.43. The molecule has 5 nitrogen and oxygen atoms in total. The summed E-state index contributed by atoms with van der Waals surface area (Å²) in [5.74, 6) is 0.0314. The molecule has 0 saturated carbocycles. The third-order valence-corrected chi connectivity index (χ3v) is 3.66. The molecule has 2 heterocycles. The zero-order valence-corrected chi connectivity index (χ0v) is 11.3. The van der Waals surface area contributed by atoms with Gasteiger partial charge < -0.3 is 4.74 Å². The second kappa shape index (κ2) is 5.48. The topological polar surface area (TPSA) is 59.5 Å². The third kappa shape index (κ3) is 2.69. The number of ether oxygens (including phenoxy) is 1. The predicted molar refractivity (Wildman–Crippen MR) is 67.3 cm³/mol. The number of cyclic esters (lactones) is 1. The molecular weight excluding hydrogens is 252 g/mol. The summed E-state index contributed by atoms with van der Waals surface area (Å²) in [6.07, 6.45) is 0.343. The van der Waals surface area contributed by atoms with Crippen molar-refractivity contribution in [2.24, 2.45) is 5.92 Å². The maximum atomic E-state index is 12.1. The average molecular weight is 268 g/mol. The largest absolute Gasteiger partial charge is 0.447 e. The number of aryl methyl sites for hydroxylation is 1. The van der Waals surface area contributed by atoms with Gasteiger partial charge in [0.1, 0.15) is 6.61 Å². The Kier molecular flexibility index (Phi) is 3.96. The molecule has 1 aromatic heterocycles. The second-order valence-corrected chi connectivity index (χ2v) is 5.35. The highest BCUT2D eigenvalue weighted by molar-refractivity contribution is 7.07. The molecule has 98 valence electrons. The van der Waals surface area contributed by atoms with Gasteiger partial charge in [0.05, 0.1) is 17.2 Å². The van der Waals surface area contributed by atoms with Crippen LogP contribution in [-0.4, -0.2) is 34.5 Å². The third-order valence-electron chi connectivity index (χ3n) is 3.02. The molecule has 1 fully saturated rings. The Bertz CT molecular complexity index is 431. The molecule has 1 aliphatic rings. The fourth-order valence-corrected chi connectivity index (χ4v) is 2.52. The van der Waals surface area contributed by atoms with Crippen LogP contribution in [0.5, 0.6) is 0 Å². The quantitative estimate of drug-likeness (QED) is 0.839. The summed E-state index contributed by atoms with van der Waals surface area (Å²) in [5, 5.41) is 1.91. The molecular formula is C12H16N2O3S. The molecule has 1 atom stereocenters. The monoisotopic (exact) mass is 268 g/mol. The number of imide groups is 1. The number of amides is 2. The van der Waals surface area contributed by atoms with E-state index in [1.165, 1.54) is 16.2 Å². The van der Waals surface area contributed by atoms with Crippen molar-refractivity contribution in [1.29, 1.82) is 0 Å². The molecule has 2 amide bonds. The molecule has 18 heavy (non-hydrogen) atoms. The minimum absolute atomic E-state index is 0.138. The zero-order valence-electron chi connectivity index (χ0n) is 10.5. The second-order valence-electron chi connectivity index (χ2n) is 4.63. The normalized spacial score (nSPS) is 19.4. The first-order valence-electron chi connectivity index (χ1n) is 5.95. The van der Waals surface area contributed by atoms with Crippen LogP contribution in [0.2, 0.25) is 0 Å². The van der Waals surface area contributed by atoms with E-state index in [0.29, 0.717) is 19.4 Å². The van der Waals surface area contributed by atoms with Crippen LogP contribution in [0.25, 0.3) is 0 Å². The smallest absolute Gasteiger partial charge is 0.416 e. The lowest BCUT2D eigenvalue weighted by Crippen LogP contribution is -2.41. The Morgan fingerprint density at radius 1 is 1.67 bits per heavy atom. The van der Waals surface area contributed by atoms with Crippen LogP contribution in [0.1, 0.15) is 26.0 Å². The van der Waals surface area contributed by atoms with Crippen molar-refractivity contribution in [3.8, 4) is 0 Å². The van der Waals surface area contributed by atoms with Crippen LogP contribution >= 0.6 is 11.3 Å². The molecule has 1 saturated heterocycles. The van der Waals surface area contributed by atoms with E-state index in [-0.39, 0.29) is 17.9 Å². The van der Waals surface area contributed by atoms with Crippen molar-refractivity contribution in [3.63, 3.8) is 0 Å². The first kappa shape index (κ1) is 13.0. The minimum Gasteiger partial charge on any atom is -0.447 e. The van der Waals surface area contributed by atoms with Crippen molar-refractivity contribution >= 4 is 23.3 Å². The average Bonchev–Trinajstić information content (AvgIpc) is 2.94. The van der Waals surface area contributed by atoms with E-state index in [2.05, 4.69) is 4.98 Å². The van der Waals surface area contributed by atoms with Crippen molar-refractivity contribution in [2.75, 3.05) is 6.61 Å². The number of aromatic nitrogens is 1. The van der Waals surface area contributed by atoms with Gasteiger partial charge in [-0.2, -0.15) is 0 Å². The van der Waals surface area contributed by atoms with Crippen LogP contribution in [0, 0.1) is 5.92 Å². The van der Waals surface area contributed by atoms with Gasteiger partial charge in [0.15, 0.2) is 0 Å². The SMILES string of the molecule is CC(C)[C@H]1COC(=O)N1C(=O)CCc1cscn1. The number of carbonyl (C=O) groups is 2. The molecule has 0 aromatic carbocycles. The lowest BCUT2D eigenvalue weighted by Gasteiger charge is -2.22. The summed E-state index contributed by atoms with van der Waals surface area (Å²) in [7, 11) is 0. The molecule has 0 aliphatic carbocycles. The number of hydrogen-bond donors (Lipinski definition) is 0. The van der Waals surface area contributed by atoms with E-state index in [1.807, 2.05) is 19.2 Å². The molecule has 0 radical (unpaired) electrons. The fourth-order valence-electron chi connectivity index (χ4n) is 1.93. The van der Waals surface area contributed by atoms with Crippen molar-refractivity contribution in [2.45, 2.75) is 32.7 Å². The molecule has 1 aromatic rings. The molecule has 1 aliphatic heterocycles. The number of carbonyl (C=O) groups excluding carboxylic acids is 2. The van der Waals surface area contributed by atoms with Gasteiger partial charge in [0.25, 0.3) is 0 Å². The molecule has 0 bridgehead atoms. The Balaban J connectivity index is 1.96. The summed E-state index contributed by atoms with van der Waals surface area (Å²) in [4.78, 5) is 29.0. The Morgan fingerprint density at radius 3 is 3.06 bits per heavy atom. The fraction of sp³-hybridized carbons (Fsp3) is 0.583. The number of thiazole rings is 1. The van der Waals surface area contributed by atoms with Gasteiger partial charge in [0.2, 0.25) is 5.91 Å². The first-order chi connectivity index (χ1) is 8.59. The van der Waals surface area contributed by atoms with Crippen molar-refractivity contribution < 1.29 is 14.3 Å². The van der Waals surface area contributed by atoms with E-state index in [1.54, 1.807) is 5.51 Å². The van der Waals surface area contributed by atoms with Gasteiger partial charge in [-0.3, -0.25) is 4.79 Å². The minimum atomic E-state index is -0.517. The maximum Gasteiger partial charge on any atom is 0.416 e. The maximum absolute atomic E-state index is 12.1. The van der Waals surface area contributed by atoms with Crippen LogP contribution in [0.15, 0.2) is 10.9 Å². The lowest BCUT2D eigenvalue weighted by atomic mass is 10.0. The van der Waals surface area contributed by atoms with Gasteiger partial charge in [0, 0.05) is 11.8 Å². The summed E-state index contributed by atoms with van der Waals surface area (Å²) in [5.41, 5.74) is 2.63. The van der Waals surface area contributed by atoms with Crippen molar-refractivity contribution in [1.82, 2.24) is 9.88 Å². The van der Waals surface area contributed by atoms with Crippen LogP contribution in [-0.2, 0) is 16.0 Å². The zero-order chi connectivity index (χ0) is 13.1. The standard InChI is InChI=1S/C12H16N2O3S/c1-8(2)10-5-17-12(16)14(10)11(15)4-3-9-6-18-7-13-9/h6-8,10H,3-5H2,1-2H3/t10-/m1/s1. The van der Waals surface area contributed by atoms with E-state index >= 15 is 0 Å². The molecule has 0 spiro atoms. The highest BCUT2D eigenvalue weighted by Crippen LogP contribution is 2.21. The van der Waals surface area contributed by atoms with Gasteiger partial charge >= 0.3 is 6.09 Å². The van der Waals surface area contributed by atoms with Crippen LogP contribution < -0.4 is 0 Å².